The summed E-state index contributed by atoms with van der Waals surface area (Å²) in [6, 6.07) is 1.86. The molecule has 0 radical (unpaired) electrons. The van der Waals surface area contributed by atoms with Gasteiger partial charge < -0.3 is 5.11 Å². The summed E-state index contributed by atoms with van der Waals surface area (Å²) >= 11 is 1.54. The van der Waals surface area contributed by atoms with Crippen molar-refractivity contribution in [2.45, 2.75) is 6.10 Å². The lowest BCUT2D eigenvalue weighted by Crippen LogP contribution is -1.99. The molecule has 0 bridgehead atoms. The first-order valence-electron chi connectivity index (χ1n) is 3.43. The molecule has 0 spiro atoms. The van der Waals surface area contributed by atoms with E-state index in [-0.39, 0.29) is 0 Å². The fourth-order valence-corrected chi connectivity index (χ4v) is 1.61. The molecule has 4 nitrogen and oxygen atoms in total. The highest BCUT2D eigenvalue weighted by Gasteiger charge is 2.12. The number of aliphatic hydroxyl groups excluding tert-OH is 1. The van der Waals surface area contributed by atoms with Gasteiger partial charge in [0.15, 0.2) is 5.82 Å². The molecule has 1 atom stereocenters. The average Bonchev–Trinajstić information content (AvgIpc) is 2.77. The van der Waals surface area contributed by atoms with Crippen LogP contribution >= 0.6 is 11.3 Å². The maximum Gasteiger partial charge on any atom is 0.157 e. The van der Waals surface area contributed by atoms with Gasteiger partial charge >= 0.3 is 0 Å². The van der Waals surface area contributed by atoms with Crippen LogP contribution in [0.5, 0.6) is 0 Å². The number of nitrogens with one attached hydrogen (secondary N) is 1. The molecule has 1 unspecified atom stereocenters. The molecule has 2 aromatic rings. The predicted octanol–water partition coefficient (Wildman–Crippen LogP) is 0.948. The summed E-state index contributed by atoms with van der Waals surface area (Å²) in [6.07, 6.45) is 0.698. The van der Waals surface area contributed by atoms with E-state index < -0.39 is 6.10 Å². The quantitative estimate of drug-likeness (QED) is 0.725. The average molecular weight is 181 g/mol. The number of hydrogen-bond donors (Lipinski definition) is 2. The normalized spacial score (nSPS) is 13.1. The van der Waals surface area contributed by atoms with Gasteiger partial charge in [0.25, 0.3) is 0 Å². The van der Waals surface area contributed by atoms with Crippen LogP contribution in [0.4, 0.5) is 0 Å². The standard InChI is InChI=1S/C7H7N3OS/c11-6(5-1-2-12-3-5)7-8-4-9-10-7/h1-4,6,11H,(H,8,9,10). The van der Waals surface area contributed by atoms with Gasteiger partial charge in [0, 0.05) is 0 Å². The minimum Gasteiger partial charge on any atom is -0.380 e. The highest BCUT2D eigenvalue weighted by atomic mass is 32.1. The second-order valence-electron chi connectivity index (χ2n) is 2.33. The summed E-state index contributed by atoms with van der Waals surface area (Å²) in [5, 5.41) is 19.7. The summed E-state index contributed by atoms with van der Waals surface area (Å²) < 4.78 is 0. The molecule has 2 N–H and O–H groups in total. The minimum absolute atomic E-state index is 0.480. The zero-order chi connectivity index (χ0) is 8.39. The lowest BCUT2D eigenvalue weighted by Gasteiger charge is -2.02. The Morgan fingerprint density at radius 1 is 1.58 bits per heavy atom. The lowest BCUT2D eigenvalue weighted by atomic mass is 10.2. The molecule has 12 heavy (non-hydrogen) atoms. The second kappa shape index (κ2) is 3.04. The van der Waals surface area contributed by atoms with Crippen molar-refractivity contribution in [3.8, 4) is 0 Å². The zero-order valence-electron chi connectivity index (χ0n) is 6.14. The van der Waals surface area contributed by atoms with Crippen molar-refractivity contribution in [2.75, 3.05) is 0 Å². The van der Waals surface area contributed by atoms with E-state index in [4.69, 9.17) is 0 Å². The van der Waals surface area contributed by atoms with E-state index in [1.165, 1.54) is 6.33 Å². The van der Waals surface area contributed by atoms with Gasteiger partial charge in [-0.1, -0.05) is 0 Å². The molecule has 0 aliphatic heterocycles. The lowest BCUT2D eigenvalue weighted by molar-refractivity contribution is 0.211. The molecule has 5 heteroatoms. The number of aromatic nitrogens is 3. The number of aliphatic hydroxyl groups is 1. The number of H-pyrrole nitrogens is 1. The molecular weight excluding hydrogens is 174 g/mol. The van der Waals surface area contributed by atoms with E-state index in [2.05, 4.69) is 15.2 Å². The van der Waals surface area contributed by atoms with Crippen LogP contribution in [0.3, 0.4) is 0 Å². The molecule has 62 valence electrons. The second-order valence-corrected chi connectivity index (χ2v) is 3.11. The third kappa shape index (κ3) is 1.24. The van der Waals surface area contributed by atoms with Crippen molar-refractivity contribution < 1.29 is 5.11 Å². The van der Waals surface area contributed by atoms with Crippen molar-refractivity contribution in [1.29, 1.82) is 0 Å². The molecule has 0 fully saturated rings. The maximum absolute atomic E-state index is 9.64. The Balaban J connectivity index is 2.27. The van der Waals surface area contributed by atoms with Crippen LogP contribution in [-0.4, -0.2) is 20.3 Å². The molecule has 2 heterocycles. The smallest absolute Gasteiger partial charge is 0.157 e. The summed E-state index contributed by atoms with van der Waals surface area (Å²) in [7, 11) is 0. The van der Waals surface area contributed by atoms with E-state index in [1.54, 1.807) is 11.3 Å². The molecular formula is C7H7N3OS. The zero-order valence-corrected chi connectivity index (χ0v) is 6.95. The topological polar surface area (TPSA) is 61.8 Å². The van der Waals surface area contributed by atoms with Crippen LogP contribution < -0.4 is 0 Å². The molecule has 0 aliphatic carbocycles. The van der Waals surface area contributed by atoms with Crippen molar-refractivity contribution in [2.24, 2.45) is 0 Å². The molecule has 2 aromatic heterocycles. The van der Waals surface area contributed by atoms with Gasteiger partial charge in [0.05, 0.1) is 0 Å². The molecule has 0 saturated carbocycles. The molecule has 2 rings (SSSR count). The summed E-state index contributed by atoms with van der Waals surface area (Å²) in [5.74, 6) is 0.480. The van der Waals surface area contributed by atoms with Crippen molar-refractivity contribution in [1.82, 2.24) is 15.2 Å². The highest BCUT2D eigenvalue weighted by molar-refractivity contribution is 7.07. The Labute approximate surface area is 72.9 Å². The Bertz CT molecular complexity index is 295. The van der Waals surface area contributed by atoms with Gasteiger partial charge in [-0.3, -0.25) is 5.10 Å². The molecule has 0 amide bonds. The van der Waals surface area contributed by atoms with Crippen LogP contribution in [0, 0.1) is 0 Å². The van der Waals surface area contributed by atoms with Crippen molar-refractivity contribution in [3.05, 3.63) is 34.5 Å². The summed E-state index contributed by atoms with van der Waals surface area (Å²) in [5.41, 5.74) is 0.844. The van der Waals surface area contributed by atoms with Crippen LogP contribution in [0.2, 0.25) is 0 Å². The first kappa shape index (κ1) is 7.45. The van der Waals surface area contributed by atoms with Crippen LogP contribution in [0.25, 0.3) is 0 Å². The van der Waals surface area contributed by atoms with Gasteiger partial charge in [0.1, 0.15) is 12.4 Å². The Kier molecular flexibility index (Phi) is 1.89. The van der Waals surface area contributed by atoms with Gasteiger partial charge in [0.2, 0.25) is 0 Å². The van der Waals surface area contributed by atoms with E-state index in [9.17, 15) is 5.11 Å². The third-order valence-corrected chi connectivity index (χ3v) is 2.25. The van der Waals surface area contributed by atoms with Gasteiger partial charge in [-0.15, -0.1) is 0 Å². The highest BCUT2D eigenvalue weighted by Crippen LogP contribution is 2.19. The summed E-state index contributed by atoms with van der Waals surface area (Å²) in [6.45, 7) is 0. The number of nitrogens with zero attached hydrogens (tertiary/aromatic N) is 2. The van der Waals surface area contributed by atoms with Crippen LogP contribution in [0.1, 0.15) is 17.5 Å². The monoisotopic (exact) mass is 181 g/mol. The maximum atomic E-state index is 9.64. The Hall–Kier alpha value is -1.20. The fourth-order valence-electron chi connectivity index (χ4n) is 0.935. The number of aromatic amines is 1. The van der Waals surface area contributed by atoms with Gasteiger partial charge in [-0.25, -0.2) is 4.98 Å². The fraction of sp³-hybridized carbons (Fsp3) is 0.143. The predicted molar refractivity (Wildman–Crippen MR) is 44.8 cm³/mol. The van der Waals surface area contributed by atoms with Crippen LogP contribution in [0.15, 0.2) is 23.2 Å². The Morgan fingerprint density at radius 2 is 2.50 bits per heavy atom. The minimum atomic E-state index is -0.682. The largest absolute Gasteiger partial charge is 0.380 e. The number of thiophene rings is 1. The molecule has 0 saturated heterocycles. The first-order valence-corrected chi connectivity index (χ1v) is 4.37. The Morgan fingerprint density at radius 3 is 3.08 bits per heavy atom. The van der Waals surface area contributed by atoms with Gasteiger partial charge in [-0.2, -0.15) is 16.4 Å². The van der Waals surface area contributed by atoms with E-state index in [1.807, 2.05) is 16.8 Å². The summed E-state index contributed by atoms with van der Waals surface area (Å²) in [4.78, 5) is 3.86. The number of hydrogen-bond acceptors (Lipinski definition) is 4. The van der Waals surface area contributed by atoms with Crippen LogP contribution in [-0.2, 0) is 0 Å². The van der Waals surface area contributed by atoms with Gasteiger partial charge in [-0.05, 0) is 22.4 Å². The number of rotatable bonds is 2. The first-order chi connectivity index (χ1) is 5.88. The van der Waals surface area contributed by atoms with E-state index >= 15 is 0 Å². The van der Waals surface area contributed by atoms with E-state index in [0.717, 1.165) is 5.56 Å². The van der Waals surface area contributed by atoms with E-state index in [0.29, 0.717) is 5.82 Å². The third-order valence-electron chi connectivity index (χ3n) is 1.55. The SMILES string of the molecule is OC(c1ccsc1)c1ncn[nH]1. The van der Waals surface area contributed by atoms with Crippen molar-refractivity contribution in [3.63, 3.8) is 0 Å². The molecule has 0 aliphatic rings. The van der Waals surface area contributed by atoms with Crippen molar-refractivity contribution >= 4 is 11.3 Å². The molecule has 0 aromatic carbocycles.